The second-order valence-corrected chi connectivity index (χ2v) is 4.94. The van der Waals surface area contributed by atoms with Gasteiger partial charge in [-0.15, -0.1) is 12.4 Å². The van der Waals surface area contributed by atoms with Crippen molar-refractivity contribution in [3.05, 3.63) is 29.6 Å². The molecule has 2 rings (SSSR count). The highest BCUT2D eigenvalue weighted by molar-refractivity contribution is 5.95. The lowest BCUT2D eigenvalue weighted by atomic mass is 9.98. The Kier molecular flexibility index (Phi) is 6.23. The van der Waals surface area contributed by atoms with Gasteiger partial charge < -0.3 is 15.7 Å². The second kappa shape index (κ2) is 7.45. The zero-order valence-electron chi connectivity index (χ0n) is 11.3. The van der Waals surface area contributed by atoms with E-state index in [4.69, 9.17) is 16.2 Å². The van der Waals surface area contributed by atoms with Crippen LogP contribution in [0.25, 0.3) is 0 Å². The van der Waals surface area contributed by atoms with Gasteiger partial charge in [-0.05, 0) is 43.9 Å². The summed E-state index contributed by atoms with van der Waals surface area (Å²) in [4.78, 5) is 2.03. The van der Waals surface area contributed by atoms with Gasteiger partial charge in [-0.25, -0.2) is 4.39 Å². The molecule has 4 nitrogen and oxygen atoms in total. The fraction of sp³-hybridized carbons (Fsp3) is 0.500. The van der Waals surface area contributed by atoms with Gasteiger partial charge in [-0.3, -0.25) is 5.41 Å². The van der Waals surface area contributed by atoms with E-state index >= 15 is 0 Å². The number of hydrogen-bond donors (Lipinski definition) is 3. The topological polar surface area (TPSA) is 73.3 Å². The first-order valence-electron chi connectivity index (χ1n) is 6.65. The zero-order valence-corrected chi connectivity index (χ0v) is 12.1. The Morgan fingerprint density at radius 2 is 2.20 bits per heavy atom. The van der Waals surface area contributed by atoms with Gasteiger partial charge in [0.1, 0.15) is 11.7 Å². The highest BCUT2D eigenvalue weighted by Gasteiger charge is 2.24. The average molecular weight is 302 g/mol. The number of hydrogen-bond acceptors (Lipinski definition) is 3. The maximum atomic E-state index is 14.2. The van der Waals surface area contributed by atoms with E-state index in [0.717, 1.165) is 25.8 Å². The highest BCUT2D eigenvalue weighted by Crippen LogP contribution is 2.29. The van der Waals surface area contributed by atoms with Crippen LogP contribution in [0, 0.1) is 11.2 Å². The fourth-order valence-corrected chi connectivity index (χ4v) is 2.67. The molecule has 4 N–H and O–H groups in total. The standard InChI is InChI=1S/C14H20FN3O.ClH/c15-12-9-10(14(16)17)4-5-13(12)18-7-2-1-3-11(18)6-8-19;/h4-5,9,11,19H,1-3,6-8H2,(H3,16,17);1H. The third kappa shape index (κ3) is 3.61. The number of aliphatic hydroxyl groups excluding tert-OH is 1. The Bertz CT molecular complexity index is 468. The Labute approximate surface area is 124 Å². The number of nitrogens with two attached hydrogens (primary N) is 1. The number of halogens is 2. The molecule has 1 atom stereocenters. The van der Waals surface area contributed by atoms with Gasteiger partial charge in [0.25, 0.3) is 0 Å². The first kappa shape index (κ1) is 16.7. The maximum Gasteiger partial charge on any atom is 0.147 e. The molecule has 112 valence electrons. The van der Waals surface area contributed by atoms with Crippen LogP contribution in [0.15, 0.2) is 18.2 Å². The fourth-order valence-electron chi connectivity index (χ4n) is 2.67. The highest BCUT2D eigenvalue weighted by atomic mass is 35.5. The molecule has 0 spiro atoms. The van der Waals surface area contributed by atoms with Gasteiger partial charge in [-0.2, -0.15) is 0 Å². The van der Waals surface area contributed by atoms with E-state index in [1.165, 1.54) is 6.07 Å². The van der Waals surface area contributed by atoms with Crippen molar-refractivity contribution in [3.63, 3.8) is 0 Å². The van der Waals surface area contributed by atoms with Crippen LogP contribution >= 0.6 is 12.4 Å². The minimum Gasteiger partial charge on any atom is -0.396 e. The van der Waals surface area contributed by atoms with Gasteiger partial charge in [-0.1, -0.05) is 0 Å². The van der Waals surface area contributed by atoms with Crippen LogP contribution < -0.4 is 10.6 Å². The number of amidine groups is 1. The van der Waals surface area contributed by atoms with E-state index in [1.54, 1.807) is 12.1 Å². The molecule has 0 aromatic heterocycles. The normalized spacial score (nSPS) is 18.5. The van der Waals surface area contributed by atoms with Crippen molar-refractivity contribution < 1.29 is 9.50 Å². The number of benzene rings is 1. The van der Waals surface area contributed by atoms with Crippen LogP contribution in [-0.4, -0.2) is 30.1 Å². The number of anilines is 1. The summed E-state index contributed by atoms with van der Waals surface area (Å²) in [5.41, 5.74) is 6.30. The molecule has 0 radical (unpaired) electrons. The minimum absolute atomic E-state index is 0. The third-order valence-corrected chi connectivity index (χ3v) is 3.66. The molecule has 20 heavy (non-hydrogen) atoms. The van der Waals surface area contributed by atoms with Crippen LogP contribution in [0.3, 0.4) is 0 Å². The van der Waals surface area contributed by atoms with E-state index < -0.39 is 0 Å². The van der Waals surface area contributed by atoms with Crippen LogP contribution in [0.5, 0.6) is 0 Å². The minimum atomic E-state index is -0.350. The van der Waals surface area contributed by atoms with Crippen molar-refractivity contribution in [1.82, 2.24) is 0 Å². The first-order chi connectivity index (χ1) is 9.13. The summed E-state index contributed by atoms with van der Waals surface area (Å²) in [5.74, 6) is -0.478. The molecular formula is C14H21ClFN3O. The largest absolute Gasteiger partial charge is 0.396 e. The van der Waals surface area contributed by atoms with Crippen molar-refractivity contribution in [1.29, 1.82) is 5.41 Å². The van der Waals surface area contributed by atoms with E-state index in [-0.39, 0.29) is 36.7 Å². The molecule has 1 heterocycles. The first-order valence-corrected chi connectivity index (χ1v) is 6.65. The van der Waals surface area contributed by atoms with Crippen molar-refractivity contribution in [2.75, 3.05) is 18.1 Å². The Balaban J connectivity index is 0.00000200. The van der Waals surface area contributed by atoms with Crippen LogP contribution in [0.4, 0.5) is 10.1 Å². The molecule has 1 aromatic carbocycles. The van der Waals surface area contributed by atoms with Crippen LogP contribution in [-0.2, 0) is 0 Å². The number of piperidine rings is 1. The summed E-state index contributed by atoms with van der Waals surface area (Å²) in [6, 6.07) is 4.85. The summed E-state index contributed by atoms with van der Waals surface area (Å²) < 4.78 is 14.2. The molecule has 1 fully saturated rings. The van der Waals surface area contributed by atoms with E-state index in [9.17, 15) is 4.39 Å². The van der Waals surface area contributed by atoms with Crippen LogP contribution in [0.1, 0.15) is 31.2 Å². The molecule has 6 heteroatoms. The zero-order chi connectivity index (χ0) is 13.8. The summed E-state index contributed by atoms with van der Waals surface area (Å²) >= 11 is 0. The maximum absolute atomic E-state index is 14.2. The van der Waals surface area contributed by atoms with E-state index in [0.29, 0.717) is 17.7 Å². The molecule has 0 aliphatic carbocycles. The molecular weight excluding hydrogens is 281 g/mol. The number of nitrogen functional groups attached to an aromatic ring is 1. The predicted octanol–water partition coefficient (Wildman–Crippen LogP) is 2.27. The monoisotopic (exact) mass is 301 g/mol. The number of nitrogens with one attached hydrogen (secondary N) is 1. The summed E-state index contributed by atoms with van der Waals surface area (Å²) in [5, 5.41) is 16.4. The smallest absolute Gasteiger partial charge is 0.147 e. The predicted molar refractivity (Wildman–Crippen MR) is 81.4 cm³/mol. The number of aliphatic hydroxyl groups is 1. The molecule has 1 saturated heterocycles. The van der Waals surface area contributed by atoms with Gasteiger partial charge >= 0.3 is 0 Å². The van der Waals surface area contributed by atoms with Crippen molar-refractivity contribution in [3.8, 4) is 0 Å². The van der Waals surface area contributed by atoms with Crippen molar-refractivity contribution >= 4 is 23.9 Å². The van der Waals surface area contributed by atoms with Crippen molar-refractivity contribution in [2.24, 2.45) is 5.73 Å². The molecule has 0 bridgehead atoms. The molecule has 1 aliphatic rings. The third-order valence-electron chi connectivity index (χ3n) is 3.66. The second-order valence-electron chi connectivity index (χ2n) is 4.94. The average Bonchev–Trinajstić information content (AvgIpc) is 2.40. The molecule has 1 aliphatic heterocycles. The van der Waals surface area contributed by atoms with Crippen LogP contribution in [0.2, 0.25) is 0 Å². The lowest BCUT2D eigenvalue weighted by Gasteiger charge is -2.37. The summed E-state index contributed by atoms with van der Waals surface area (Å²) in [6.45, 7) is 0.926. The quantitative estimate of drug-likeness (QED) is 0.590. The lowest BCUT2D eigenvalue weighted by Crippen LogP contribution is -2.40. The molecule has 0 amide bonds. The Morgan fingerprint density at radius 3 is 2.80 bits per heavy atom. The van der Waals surface area contributed by atoms with Gasteiger partial charge in [0.2, 0.25) is 0 Å². The number of rotatable bonds is 4. The summed E-state index contributed by atoms with van der Waals surface area (Å²) in [6.07, 6.45) is 3.80. The molecule has 0 saturated carbocycles. The van der Waals surface area contributed by atoms with Gasteiger partial charge in [0.15, 0.2) is 0 Å². The molecule has 1 aromatic rings. The lowest BCUT2D eigenvalue weighted by molar-refractivity contribution is 0.262. The number of nitrogens with zero attached hydrogens (tertiary/aromatic N) is 1. The van der Waals surface area contributed by atoms with E-state index in [2.05, 4.69) is 0 Å². The summed E-state index contributed by atoms with van der Waals surface area (Å²) in [7, 11) is 0. The SMILES string of the molecule is Cl.N=C(N)c1ccc(N2CCCCC2CCO)c(F)c1. The van der Waals surface area contributed by atoms with Crippen molar-refractivity contribution in [2.45, 2.75) is 31.7 Å². The van der Waals surface area contributed by atoms with Gasteiger partial charge in [0.05, 0.1) is 5.69 Å². The molecule has 1 unspecified atom stereocenters. The Hall–Kier alpha value is -1.33. The Morgan fingerprint density at radius 1 is 1.45 bits per heavy atom. The van der Waals surface area contributed by atoms with E-state index in [1.807, 2.05) is 4.90 Å². The van der Waals surface area contributed by atoms with Gasteiger partial charge in [0, 0.05) is 24.8 Å².